The second-order valence-corrected chi connectivity index (χ2v) is 6.90. The smallest absolute Gasteiger partial charge is 0.321 e. The van der Waals surface area contributed by atoms with Crippen molar-refractivity contribution >= 4 is 40.9 Å². The molecule has 1 aromatic rings. The van der Waals surface area contributed by atoms with Crippen LogP contribution in [0.15, 0.2) is 18.2 Å². The predicted octanol–water partition coefficient (Wildman–Crippen LogP) is 3.42. The largest absolute Gasteiger partial charge is 0.480 e. The summed E-state index contributed by atoms with van der Waals surface area (Å²) in [6, 6.07) is 4.46. The van der Waals surface area contributed by atoms with Gasteiger partial charge in [-0.3, -0.25) is 4.79 Å². The van der Waals surface area contributed by atoms with Gasteiger partial charge in [-0.25, -0.2) is 0 Å². The molecule has 0 aliphatic rings. The van der Waals surface area contributed by atoms with Crippen molar-refractivity contribution in [2.45, 2.75) is 30.4 Å². The Labute approximate surface area is 121 Å². The van der Waals surface area contributed by atoms with Crippen LogP contribution in [0.2, 0.25) is 10.0 Å². The molecule has 3 N–H and O–H groups in total. The fourth-order valence-electron chi connectivity index (χ4n) is 1.29. The fourth-order valence-corrected chi connectivity index (χ4v) is 2.61. The second kappa shape index (κ2) is 6.15. The molecule has 18 heavy (non-hydrogen) atoms. The SMILES string of the molecule is CC(C)(SCc1ccc(Cl)c(Cl)c1)[C@H](N)C(=O)O. The number of nitrogens with two attached hydrogens (primary N) is 1. The Morgan fingerprint density at radius 3 is 2.56 bits per heavy atom. The van der Waals surface area contributed by atoms with E-state index in [1.54, 1.807) is 12.1 Å². The predicted molar refractivity (Wildman–Crippen MR) is 77.4 cm³/mol. The summed E-state index contributed by atoms with van der Waals surface area (Å²) in [6.07, 6.45) is 0. The first-order valence-corrected chi connectivity index (χ1v) is 7.04. The summed E-state index contributed by atoms with van der Waals surface area (Å²) in [5.41, 5.74) is 6.63. The maximum Gasteiger partial charge on any atom is 0.321 e. The maximum atomic E-state index is 10.9. The lowest BCUT2D eigenvalue weighted by molar-refractivity contribution is -0.139. The van der Waals surface area contributed by atoms with Gasteiger partial charge in [0.15, 0.2) is 0 Å². The zero-order chi connectivity index (χ0) is 13.9. The highest BCUT2D eigenvalue weighted by Gasteiger charge is 2.32. The van der Waals surface area contributed by atoms with E-state index in [4.69, 9.17) is 34.0 Å². The Kier molecular flexibility index (Phi) is 5.34. The number of carboxylic acids is 1. The van der Waals surface area contributed by atoms with Crippen LogP contribution in [0.4, 0.5) is 0 Å². The van der Waals surface area contributed by atoms with Gasteiger partial charge < -0.3 is 10.8 Å². The van der Waals surface area contributed by atoms with Crippen molar-refractivity contribution in [1.29, 1.82) is 0 Å². The monoisotopic (exact) mass is 307 g/mol. The summed E-state index contributed by atoms with van der Waals surface area (Å²) in [5, 5.41) is 9.92. The van der Waals surface area contributed by atoms with Gasteiger partial charge in [0.05, 0.1) is 10.0 Å². The zero-order valence-electron chi connectivity index (χ0n) is 10.1. The minimum atomic E-state index is -0.998. The fraction of sp³-hybridized carbons (Fsp3) is 0.417. The van der Waals surface area contributed by atoms with E-state index in [1.165, 1.54) is 11.8 Å². The molecule has 0 unspecified atom stereocenters. The van der Waals surface area contributed by atoms with Gasteiger partial charge >= 0.3 is 5.97 Å². The van der Waals surface area contributed by atoms with Gasteiger partial charge in [-0.1, -0.05) is 29.3 Å². The van der Waals surface area contributed by atoms with Crippen LogP contribution in [0.25, 0.3) is 0 Å². The van der Waals surface area contributed by atoms with Crippen LogP contribution in [0.5, 0.6) is 0 Å². The Balaban J connectivity index is 2.69. The molecule has 0 aliphatic carbocycles. The summed E-state index contributed by atoms with van der Waals surface area (Å²) in [6.45, 7) is 3.63. The van der Waals surface area contributed by atoms with E-state index in [9.17, 15) is 4.79 Å². The molecular weight excluding hydrogens is 293 g/mol. The molecule has 0 aromatic heterocycles. The Bertz CT molecular complexity index is 452. The zero-order valence-corrected chi connectivity index (χ0v) is 12.4. The number of carbonyl (C=O) groups is 1. The molecule has 0 saturated heterocycles. The Morgan fingerprint density at radius 1 is 1.44 bits per heavy atom. The summed E-state index contributed by atoms with van der Waals surface area (Å²) in [4.78, 5) is 10.9. The number of carboxylic acid groups (broad SMARTS) is 1. The molecule has 1 rings (SSSR count). The molecule has 1 aromatic carbocycles. The second-order valence-electron chi connectivity index (χ2n) is 4.46. The summed E-state index contributed by atoms with van der Waals surface area (Å²) in [7, 11) is 0. The van der Waals surface area contributed by atoms with Crippen molar-refractivity contribution in [1.82, 2.24) is 0 Å². The molecule has 3 nitrogen and oxygen atoms in total. The van der Waals surface area contributed by atoms with Crippen LogP contribution in [0, 0.1) is 0 Å². The van der Waals surface area contributed by atoms with Crippen LogP contribution < -0.4 is 5.73 Å². The first kappa shape index (κ1) is 15.6. The average molecular weight is 308 g/mol. The average Bonchev–Trinajstić information content (AvgIpc) is 2.29. The molecule has 0 saturated carbocycles. The number of benzene rings is 1. The molecule has 0 radical (unpaired) electrons. The van der Waals surface area contributed by atoms with Gasteiger partial charge in [-0.15, -0.1) is 11.8 Å². The first-order valence-electron chi connectivity index (χ1n) is 5.30. The molecule has 0 aliphatic heterocycles. The third-order valence-electron chi connectivity index (χ3n) is 2.61. The quantitative estimate of drug-likeness (QED) is 0.875. The summed E-state index contributed by atoms with van der Waals surface area (Å²) in [5.74, 6) is -0.369. The van der Waals surface area contributed by atoms with Crippen LogP contribution >= 0.6 is 35.0 Å². The Hall–Kier alpha value is -0.420. The van der Waals surface area contributed by atoms with E-state index < -0.39 is 16.8 Å². The Morgan fingerprint density at radius 2 is 2.06 bits per heavy atom. The lowest BCUT2D eigenvalue weighted by atomic mass is 10.1. The molecule has 0 heterocycles. The van der Waals surface area contributed by atoms with E-state index in [-0.39, 0.29) is 0 Å². The van der Waals surface area contributed by atoms with Crippen molar-refractivity contribution in [3.05, 3.63) is 33.8 Å². The third kappa shape index (κ3) is 4.05. The van der Waals surface area contributed by atoms with Gasteiger partial charge in [0.25, 0.3) is 0 Å². The molecule has 0 fully saturated rings. The highest BCUT2D eigenvalue weighted by atomic mass is 35.5. The molecule has 100 valence electrons. The lowest BCUT2D eigenvalue weighted by Gasteiger charge is -2.28. The molecule has 0 amide bonds. The van der Waals surface area contributed by atoms with Crippen LogP contribution in [-0.4, -0.2) is 21.9 Å². The van der Waals surface area contributed by atoms with Crippen molar-refractivity contribution < 1.29 is 9.90 Å². The number of halogens is 2. The van der Waals surface area contributed by atoms with Crippen LogP contribution in [0.3, 0.4) is 0 Å². The minimum Gasteiger partial charge on any atom is -0.480 e. The highest BCUT2D eigenvalue weighted by Crippen LogP contribution is 2.32. The standard InChI is InChI=1S/C12H15Cl2NO2S/c1-12(2,10(15)11(16)17)18-6-7-3-4-8(13)9(14)5-7/h3-5,10H,6,15H2,1-2H3,(H,16,17)/t10-/m1/s1. The molecule has 0 spiro atoms. The number of aliphatic carboxylic acids is 1. The first-order chi connectivity index (χ1) is 8.24. The van der Waals surface area contributed by atoms with Crippen molar-refractivity contribution in [2.75, 3.05) is 0 Å². The van der Waals surface area contributed by atoms with E-state index in [0.717, 1.165) is 5.56 Å². The number of thioether (sulfide) groups is 1. The van der Waals surface area contributed by atoms with Crippen LogP contribution in [0.1, 0.15) is 19.4 Å². The van der Waals surface area contributed by atoms with Gasteiger partial charge in [0.1, 0.15) is 6.04 Å². The summed E-state index contributed by atoms with van der Waals surface area (Å²) >= 11 is 13.2. The van der Waals surface area contributed by atoms with E-state index >= 15 is 0 Å². The third-order valence-corrected chi connectivity index (χ3v) is 4.82. The van der Waals surface area contributed by atoms with Crippen molar-refractivity contribution in [3.8, 4) is 0 Å². The molecular formula is C12H15Cl2NO2S. The molecule has 6 heteroatoms. The van der Waals surface area contributed by atoms with Crippen LogP contribution in [-0.2, 0) is 10.5 Å². The van der Waals surface area contributed by atoms with Gasteiger partial charge in [-0.2, -0.15) is 0 Å². The number of hydrogen-bond donors (Lipinski definition) is 2. The number of rotatable bonds is 5. The topological polar surface area (TPSA) is 63.3 Å². The van der Waals surface area contributed by atoms with Crippen molar-refractivity contribution in [2.24, 2.45) is 5.73 Å². The van der Waals surface area contributed by atoms with E-state index in [0.29, 0.717) is 15.8 Å². The maximum absolute atomic E-state index is 10.9. The van der Waals surface area contributed by atoms with E-state index in [2.05, 4.69) is 0 Å². The molecule has 0 bridgehead atoms. The van der Waals surface area contributed by atoms with Gasteiger partial charge in [0.2, 0.25) is 0 Å². The van der Waals surface area contributed by atoms with Gasteiger partial charge in [0, 0.05) is 10.5 Å². The molecule has 1 atom stereocenters. The van der Waals surface area contributed by atoms with E-state index in [1.807, 2.05) is 19.9 Å². The lowest BCUT2D eigenvalue weighted by Crippen LogP contribution is -2.46. The minimum absolute atomic E-state index is 0.495. The van der Waals surface area contributed by atoms with Crippen molar-refractivity contribution in [3.63, 3.8) is 0 Å². The normalized spacial score (nSPS) is 13.4. The highest BCUT2D eigenvalue weighted by molar-refractivity contribution is 7.99. The summed E-state index contributed by atoms with van der Waals surface area (Å²) < 4.78 is -0.558. The van der Waals surface area contributed by atoms with Gasteiger partial charge in [-0.05, 0) is 31.5 Å². The number of hydrogen-bond acceptors (Lipinski definition) is 3.